The van der Waals surface area contributed by atoms with Crippen LogP contribution in [0.25, 0.3) is 5.57 Å². The van der Waals surface area contributed by atoms with Gasteiger partial charge < -0.3 is 4.74 Å². The molecule has 0 spiro atoms. The van der Waals surface area contributed by atoms with E-state index in [0.717, 1.165) is 42.4 Å². The molecule has 0 heterocycles. The first kappa shape index (κ1) is 36.9. The molecule has 1 aromatic rings. The maximum Gasteiger partial charge on any atom is 0.141 e. The van der Waals surface area contributed by atoms with Crippen molar-refractivity contribution in [3.8, 4) is 0 Å². The molecule has 3 heteroatoms. The number of halogens is 2. The fourth-order valence-electron chi connectivity index (χ4n) is 6.81. The predicted molar refractivity (Wildman–Crippen MR) is 184 cm³/mol. The first-order valence-corrected chi connectivity index (χ1v) is 17.0. The second-order valence-electron chi connectivity index (χ2n) is 13.0. The van der Waals surface area contributed by atoms with Gasteiger partial charge in [0, 0.05) is 6.61 Å². The minimum Gasteiger partial charge on any atom is -0.378 e. The number of ether oxygens (including phenoxy) is 1. The fraction of sp³-hybridized carbons (Fsp3) is 0.600. The Morgan fingerprint density at radius 3 is 2.21 bits per heavy atom. The van der Waals surface area contributed by atoms with Crippen LogP contribution in [0.1, 0.15) is 110 Å². The molecule has 3 rings (SSSR count). The molecule has 0 aromatic heterocycles. The average Bonchev–Trinajstić information content (AvgIpc) is 3.01. The number of aryl methyl sites for hydroxylation is 1. The van der Waals surface area contributed by atoms with E-state index in [2.05, 4.69) is 82.3 Å². The molecule has 2 fully saturated rings. The summed E-state index contributed by atoms with van der Waals surface area (Å²) in [6.45, 7) is 12.5. The molecule has 4 atom stereocenters. The molecule has 1 nitrogen and oxygen atoms in total. The monoisotopic (exact) mass is 594 g/mol. The number of hydrogen-bond acceptors (Lipinski definition) is 1. The van der Waals surface area contributed by atoms with Gasteiger partial charge in [-0.2, -0.15) is 0 Å². The Labute approximate surface area is 263 Å². The van der Waals surface area contributed by atoms with Gasteiger partial charge in [0.05, 0.1) is 6.61 Å². The van der Waals surface area contributed by atoms with E-state index >= 15 is 0 Å². The SMILES string of the molecule is C/C=C/CCc1ccc(C(/C=C\CC2CCC3CC(CC(C)C)CCC3C2)=C/C)cc1.CCOC/C=C\C(C)=C(\F)CF. The maximum atomic E-state index is 12.4. The second-order valence-corrected chi connectivity index (χ2v) is 13.0. The van der Waals surface area contributed by atoms with Crippen LogP contribution in [-0.4, -0.2) is 19.9 Å². The van der Waals surface area contributed by atoms with E-state index in [0.29, 0.717) is 18.8 Å². The Morgan fingerprint density at radius 1 is 0.930 bits per heavy atom. The lowest BCUT2D eigenvalue weighted by Gasteiger charge is -2.42. The third-order valence-electron chi connectivity index (χ3n) is 9.17. The van der Waals surface area contributed by atoms with Gasteiger partial charge in [-0.05, 0) is 137 Å². The van der Waals surface area contributed by atoms with E-state index < -0.39 is 12.5 Å². The van der Waals surface area contributed by atoms with Gasteiger partial charge in [-0.1, -0.05) is 87.1 Å². The molecule has 0 aliphatic heterocycles. The van der Waals surface area contributed by atoms with Gasteiger partial charge in [-0.3, -0.25) is 0 Å². The van der Waals surface area contributed by atoms with Crippen molar-refractivity contribution in [3.63, 3.8) is 0 Å². The van der Waals surface area contributed by atoms with Gasteiger partial charge in [0.1, 0.15) is 12.5 Å². The topological polar surface area (TPSA) is 9.23 Å². The van der Waals surface area contributed by atoms with E-state index in [1.165, 1.54) is 81.1 Å². The number of allylic oxidation sites excluding steroid dienone is 9. The van der Waals surface area contributed by atoms with Crippen molar-refractivity contribution in [2.24, 2.45) is 29.6 Å². The molecular weight excluding hydrogens is 534 g/mol. The minimum absolute atomic E-state index is 0.317. The smallest absolute Gasteiger partial charge is 0.141 e. The minimum atomic E-state index is -1.04. The molecule has 1 aromatic carbocycles. The first-order chi connectivity index (χ1) is 20.8. The van der Waals surface area contributed by atoms with Crippen LogP contribution < -0.4 is 0 Å². The highest BCUT2D eigenvalue weighted by atomic mass is 19.2. The zero-order valence-corrected chi connectivity index (χ0v) is 28.1. The molecule has 0 bridgehead atoms. The van der Waals surface area contributed by atoms with Crippen molar-refractivity contribution >= 4 is 5.57 Å². The normalized spacial score (nSPS) is 23.5. The van der Waals surface area contributed by atoms with E-state index in [1.54, 1.807) is 6.08 Å². The van der Waals surface area contributed by atoms with Crippen molar-refractivity contribution in [3.05, 3.63) is 89.3 Å². The van der Waals surface area contributed by atoms with E-state index in [-0.39, 0.29) is 0 Å². The molecule has 240 valence electrons. The maximum absolute atomic E-state index is 12.4. The van der Waals surface area contributed by atoms with Gasteiger partial charge in [0.2, 0.25) is 0 Å². The Balaban J connectivity index is 0.000000455. The number of alkyl halides is 1. The van der Waals surface area contributed by atoms with Crippen LogP contribution in [0.15, 0.2) is 78.2 Å². The second kappa shape index (κ2) is 21.4. The zero-order chi connectivity index (χ0) is 31.5. The molecule has 43 heavy (non-hydrogen) atoms. The summed E-state index contributed by atoms with van der Waals surface area (Å²) in [6.07, 6.45) is 28.6. The zero-order valence-electron chi connectivity index (χ0n) is 28.1. The Morgan fingerprint density at radius 2 is 1.60 bits per heavy atom. The van der Waals surface area contributed by atoms with Crippen molar-refractivity contribution < 1.29 is 13.5 Å². The number of benzene rings is 1. The summed E-state index contributed by atoms with van der Waals surface area (Å²) < 4.78 is 29.1. The molecule has 0 N–H and O–H groups in total. The quantitative estimate of drug-likeness (QED) is 0.118. The summed E-state index contributed by atoms with van der Waals surface area (Å²) in [7, 11) is 0. The molecule has 0 amide bonds. The summed E-state index contributed by atoms with van der Waals surface area (Å²) >= 11 is 0. The molecule has 2 saturated carbocycles. The average molecular weight is 595 g/mol. The van der Waals surface area contributed by atoms with Crippen molar-refractivity contribution in [1.29, 1.82) is 0 Å². The predicted octanol–water partition coefficient (Wildman–Crippen LogP) is 12.2. The van der Waals surface area contributed by atoms with Crippen LogP contribution in [-0.2, 0) is 11.2 Å². The van der Waals surface area contributed by atoms with E-state index in [4.69, 9.17) is 4.74 Å². The third kappa shape index (κ3) is 14.4. The van der Waals surface area contributed by atoms with Gasteiger partial charge in [-0.15, -0.1) is 0 Å². The lowest BCUT2D eigenvalue weighted by molar-refractivity contribution is 0.0914. The summed E-state index contributed by atoms with van der Waals surface area (Å²) in [5.41, 5.74) is 4.46. The van der Waals surface area contributed by atoms with Gasteiger partial charge in [0.25, 0.3) is 0 Å². The fourth-order valence-corrected chi connectivity index (χ4v) is 6.81. The highest BCUT2D eigenvalue weighted by Gasteiger charge is 2.35. The standard InChI is InChI=1S/C31H46.C9H14F2O/c1-5-7-8-10-25-13-17-29(18-14-25)28(6-2)12-9-11-26-15-19-31-23-27(21-24(3)4)16-20-30(31)22-26;1-3-12-6-4-5-8(2)9(11)7-10/h5-7,9,12-14,17-18,24,26-27,30-31H,8,10-11,15-16,19-23H2,1-4H3;4-5H,3,6-7H2,1-2H3/b7-5+,12-9-,28-6+;5-4-,9-8+. The van der Waals surface area contributed by atoms with Crippen LogP contribution in [0.5, 0.6) is 0 Å². The number of rotatable bonds is 14. The van der Waals surface area contributed by atoms with E-state index in [9.17, 15) is 8.78 Å². The summed E-state index contributed by atoms with van der Waals surface area (Å²) in [4.78, 5) is 0. The third-order valence-corrected chi connectivity index (χ3v) is 9.17. The first-order valence-electron chi connectivity index (χ1n) is 17.0. The highest BCUT2D eigenvalue weighted by molar-refractivity contribution is 5.73. The van der Waals surface area contributed by atoms with Crippen LogP contribution in [0.3, 0.4) is 0 Å². The number of fused-ring (bicyclic) bond motifs is 1. The van der Waals surface area contributed by atoms with Gasteiger partial charge >= 0.3 is 0 Å². The van der Waals surface area contributed by atoms with Gasteiger partial charge in [0.15, 0.2) is 0 Å². The molecule has 0 radical (unpaired) electrons. The molecular formula is C40H60F2O. The van der Waals surface area contributed by atoms with Crippen LogP contribution in [0, 0.1) is 29.6 Å². The Bertz CT molecular complexity index is 1040. The summed E-state index contributed by atoms with van der Waals surface area (Å²) in [5, 5.41) is 0. The van der Waals surface area contributed by atoms with Crippen molar-refractivity contribution in [2.75, 3.05) is 19.9 Å². The molecule has 4 unspecified atom stereocenters. The van der Waals surface area contributed by atoms with Crippen LogP contribution >= 0.6 is 0 Å². The van der Waals surface area contributed by atoms with Crippen LogP contribution in [0.2, 0.25) is 0 Å². The van der Waals surface area contributed by atoms with Gasteiger partial charge in [-0.25, -0.2) is 8.78 Å². The molecule has 2 aliphatic carbocycles. The lowest BCUT2D eigenvalue weighted by Crippen LogP contribution is -2.31. The van der Waals surface area contributed by atoms with E-state index in [1.807, 2.05) is 6.92 Å². The molecule has 2 aliphatic rings. The highest BCUT2D eigenvalue weighted by Crippen LogP contribution is 2.46. The molecule has 0 saturated heterocycles. The number of hydrogen-bond donors (Lipinski definition) is 0. The van der Waals surface area contributed by atoms with Crippen molar-refractivity contribution in [2.45, 2.75) is 106 Å². The summed E-state index contributed by atoms with van der Waals surface area (Å²) in [6, 6.07) is 9.19. The van der Waals surface area contributed by atoms with Crippen molar-refractivity contribution in [1.82, 2.24) is 0 Å². The lowest BCUT2D eigenvalue weighted by atomic mass is 9.63. The van der Waals surface area contributed by atoms with Crippen LogP contribution in [0.4, 0.5) is 8.78 Å². The largest absolute Gasteiger partial charge is 0.378 e. The summed E-state index contributed by atoms with van der Waals surface area (Å²) in [5.74, 6) is 4.14. The Hall–Kier alpha value is -2.26. The Kier molecular flexibility index (Phi) is 18.4.